The lowest BCUT2D eigenvalue weighted by Crippen LogP contribution is -2.39. The highest BCUT2D eigenvalue weighted by Gasteiger charge is 2.30. The molecular weight excluding hydrogens is 389 g/mol. The molecule has 0 saturated carbocycles. The van der Waals surface area contributed by atoms with E-state index in [0.717, 1.165) is 17.7 Å². The minimum Gasteiger partial charge on any atom is -0.486 e. The van der Waals surface area contributed by atoms with E-state index >= 15 is 0 Å². The Bertz CT molecular complexity index is 1060. The molecule has 6 nitrogen and oxygen atoms in total. The number of rotatable bonds is 6. The van der Waals surface area contributed by atoms with Gasteiger partial charge in [0, 0.05) is 12.2 Å². The number of carbonyl (C=O) groups excluding carboxylic acids is 2. The lowest BCUT2D eigenvalue weighted by atomic mass is 10.2. The molecule has 0 aliphatic carbocycles. The number of carbonyl (C=O) groups is 2. The molecule has 7 heteroatoms. The monoisotopic (exact) mass is 409 g/mol. The number of anilines is 1. The molecule has 1 aliphatic rings. The van der Waals surface area contributed by atoms with Gasteiger partial charge < -0.3 is 18.8 Å². The van der Waals surface area contributed by atoms with Crippen LogP contribution in [0.4, 0.5) is 10.1 Å². The number of hydrogen-bond donors (Lipinski definition) is 0. The average Bonchev–Trinajstić information content (AvgIpc) is 3.40. The van der Waals surface area contributed by atoms with Gasteiger partial charge in [0.1, 0.15) is 23.9 Å². The lowest BCUT2D eigenvalue weighted by molar-refractivity contribution is -0.126. The summed E-state index contributed by atoms with van der Waals surface area (Å²) in [5, 5.41) is 0. The number of benzene rings is 2. The van der Waals surface area contributed by atoms with Crippen molar-refractivity contribution < 1.29 is 27.9 Å². The Morgan fingerprint density at radius 3 is 2.67 bits per heavy atom. The van der Waals surface area contributed by atoms with Crippen LogP contribution in [0.1, 0.15) is 28.8 Å². The molecule has 2 heterocycles. The second-order valence-corrected chi connectivity index (χ2v) is 6.92. The zero-order chi connectivity index (χ0) is 21.1. The van der Waals surface area contributed by atoms with Crippen molar-refractivity contribution >= 4 is 17.6 Å². The largest absolute Gasteiger partial charge is 0.486 e. The number of furan rings is 1. The van der Waals surface area contributed by atoms with Crippen molar-refractivity contribution in [2.45, 2.75) is 26.1 Å². The Labute approximate surface area is 172 Å². The van der Waals surface area contributed by atoms with Crippen molar-refractivity contribution in [1.82, 2.24) is 0 Å². The van der Waals surface area contributed by atoms with Gasteiger partial charge in [0.2, 0.25) is 5.76 Å². The molecule has 0 N–H and O–H groups in total. The van der Waals surface area contributed by atoms with Crippen molar-refractivity contribution in [2.75, 3.05) is 11.4 Å². The first-order chi connectivity index (χ1) is 14.5. The summed E-state index contributed by atoms with van der Waals surface area (Å²) in [6, 6.07) is 16.3. The van der Waals surface area contributed by atoms with E-state index in [2.05, 4.69) is 0 Å². The smallest absolute Gasteiger partial charge is 0.375 e. The zero-order valence-electron chi connectivity index (χ0n) is 16.3. The highest BCUT2D eigenvalue weighted by atomic mass is 19.1. The molecule has 30 heavy (non-hydrogen) atoms. The van der Waals surface area contributed by atoms with E-state index in [9.17, 15) is 14.0 Å². The molecule has 0 spiro atoms. The molecule has 1 aromatic heterocycles. The van der Waals surface area contributed by atoms with Crippen LogP contribution in [0.2, 0.25) is 0 Å². The summed E-state index contributed by atoms with van der Waals surface area (Å²) in [5.41, 5.74) is 1.95. The Morgan fingerprint density at radius 2 is 1.87 bits per heavy atom. The maximum absolute atomic E-state index is 12.9. The SMILES string of the molecule is CC(OC(=O)c1ccc(COc2ccc(F)cc2)o1)C(=O)N1CCc2ccccc21. The van der Waals surface area contributed by atoms with Crippen LogP contribution in [-0.2, 0) is 22.6 Å². The number of para-hydroxylation sites is 1. The highest BCUT2D eigenvalue weighted by molar-refractivity contribution is 6.00. The normalized spacial score (nSPS) is 13.6. The van der Waals surface area contributed by atoms with Gasteiger partial charge in [-0.15, -0.1) is 0 Å². The average molecular weight is 409 g/mol. The molecule has 1 amide bonds. The number of fused-ring (bicyclic) bond motifs is 1. The fourth-order valence-corrected chi connectivity index (χ4v) is 3.31. The fraction of sp³-hybridized carbons (Fsp3) is 0.217. The van der Waals surface area contributed by atoms with Crippen LogP contribution in [-0.4, -0.2) is 24.5 Å². The Morgan fingerprint density at radius 1 is 1.10 bits per heavy atom. The molecular formula is C23H20FNO5. The molecule has 1 atom stereocenters. The highest BCUT2D eigenvalue weighted by Crippen LogP contribution is 2.28. The van der Waals surface area contributed by atoms with Gasteiger partial charge in [-0.3, -0.25) is 4.79 Å². The van der Waals surface area contributed by atoms with Gasteiger partial charge in [0.25, 0.3) is 5.91 Å². The van der Waals surface area contributed by atoms with E-state index in [1.807, 2.05) is 24.3 Å². The molecule has 4 rings (SSSR count). The summed E-state index contributed by atoms with van der Waals surface area (Å²) in [4.78, 5) is 26.7. The van der Waals surface area contributed by atoms with Crippen LogP contribution in [0, 0.1) is 5.82 Å². The predicted molar refractivity (Wildman–Crippen MR) is 107 cm³/mol. The molecule has 0 bridgehead atoms. The first kappa shape index (κ1) is 19.7. The van der Waals surface area contributed by atoms with E-state index < -0.39 is 12.1 Å². The summed E-state index contributed by atoms with van der Waals surface area (Å²) < 4.78 is 29.2. The maximum Gasteiger partial charge on any atom is 0.375 e. The van der Waals surface area contributed by atoms with Crippen molar-refractivity contribution in [3.63, 3.8) is 0 Å². The van der Waals surface area contributed by atoms with Crippen LogP contribution in [0.25, 0.3) is 0 Å². The maximum atomic E-state index is 12.9. The van der Waals surface area contributed by atoms with Gasteiger partial charge in [0.15, 0.2) is 6.10 Å². The Balaban J connectivity index is 1.34. The third-order valence-corrected chi connectivity index (χ3v) is 4.84. The third-order valence-electron chi connectivity index (χ3n) is 4.84. The van der Waals surface area contributed by atoms with E-state index in [0.29, 0.717) is 18.1 Å². The summed E-state index contributed by atoms with van der Waals surface area (Å²) >= 11 is 0. The van der Waals surface area contributed by atoms with Gasteiger partial charge in [-0.2, -0.15) is 0 Å². The van der Waals surface area contributed by atoms with Gasteiger partial charge in [-0.1, -0.05) is 18.2 Å². The quantitative estimate of drug-likeness (QED) is 0.573. The number of hydrogen-bond acceptors (Lipinski definition) is 5. The van der Waals surface area contributed by atoms with E-state index in [1.165, 1.54) is 30.3 Å². The first-order valence-electron chi connectivity index (χ1n) is 9.58. The van der Waals surface area contributed by atoms with Crippen LogP contribution in [0.15, 0.2) is 65.1 Å². The molecule has 1 unspecified atom stereocenters. The number of nitrogens with zero attached hydrogens (tertiary/aromatic N) is 1. The Hall–Kier alpha value is -3.61. The minimum absolute atomic E-state index is 0.0193. The summed E-state index contributed by atoms with van der Waals surface area (Å²) in [5.74, 6) is -0.502. The van der Waals surface area contributed by atoms with Crippen LogP contribution < -0.4 is 9.64 Å². The second-order valence-electron chi connectivity index (χ2n) is 6.92. The third kappa shape index (κ3) is 4.20. The fourth-order valence-electron chi connectivity index (χ4n) is 3.31. The van der Waals surface area contributed by atoms with Crippen molar-refractivity contribution in [1.29, 1.82) is 0 Å². The molecule has 154 valence electrons. The van der Waals surface area contributed by atoms with Gasteiger partial charge in [-0.05, 0) is 61.4 Å². The molecule has 2 aromatic carbocycles. The number of ether oxygens (including phenoxy) is 2. The molecule has 1 aliphatic heterocycles. The van der Waals surface area contributed by atoms with Gasteiger partial charge in [-0.25, -0.2) is 9.18 Å². The summed E-state index contributed by atoms with van der Waals surface area (Å²) in [6.45, 7) is 2.17. The second kappa shape index (κ2) is 8.41. The first-order valence-corrected chi connectivity index (χ1v) is 9.58. The minimum atomic E-state index is -0.951. The standard InChI is InChI=1S/C23H20FNO5/c1-15(22(26)25-13-12-16-4-2-3-5-20(16)25)29-23(27)21-11-10-19(30-21)14-28-18-8-6-17(24)7-9-18/h2-11,15H,12-14H2,1H3. The van der Waals surface area contributed by atoms with Crippen molar-refractivity contribution in [3.8, 4) is 5.75 Å². The molecule has 0 fully saturated rings. The van der Waals surface area contributed by atoms with Gasteiger partial charge in [0.05, 0.1) is 0 Å². The van der Waals surface area contributed by atoms with E-state index in [1.54, 1.807) is 17.9 Å². The molecule has 3 aromatic rings. The van der Waals surface area contributed by atoms with E-state index in [-0.39, 0.29) is 24.1 Å². The summed E-state index contributed by atoms with van der Waals surface area (Å²) in [6.07, 6.45) is -0.175. The van der Waals surface area contributed by atoms with E-state index in [4.69, 9.17) is 13.9 Å². The number of amides is 1. The zero-order valence-corrected chi connectivity index (χ0v) is 16.3. The van der Waals surface area contributed by atoms with Crippen molar-refractivity contribution in [3.05, 3.63) is 83.6 Å². The van der Waals surface area contributed by atoms with Crippen LogP contribution in [0.5, 0.6) is 5.75 Å². The van der Waals surface area contributed by atoms with Crippen molar-refractivity contribution in [2.24, 2.45) is 0 Å². The molecule has 0 radical (unpaired) electrons. The van der Waals surface area contributed by atoms with Crippen LogP contribution >= 0.6 is 0 Å². The van der Waals surface area contributed by atoms with Gasteiger partial charge >= 0.3 is 5.97 Å². The molecule has 0 saturated heterocycles. The summed E-state index contributed by atoms with van der Waals surface area (Å²) in [7, 11) is 0. The Kier molecular flexibility index (Phi) is 5.52. The van der Waals surface area contributed by atoms with Crippen LogP contribution in [0.3, 0.4) is 0 Å². The predicted octanol–water partition coefficient (Wildman–Crippen LogP) is 4.13. The lowest BCUT2D eigenvalue weighted by Gasteiger charge is -2.21. The topological polar surface area (TPSA) is 69.0 Å². The number of esters is 1. The number of halogens is 1.